The zero-order chi connectivity index (χ0) is 12.8. The van der Waals surface area contributed by atoms with Crippen molar-refractivity contribution >= 4 is 6.21 Å². The maximum absolute atomic E-state index is 5.12. The quantitative estimate of drug-likeness (QED) is 0.577. The van der Waals surface area contributed by atoms with Crippen LogP contribution in [0.5, 0.6) is 5.75 Å². The lowest BCUT2D eigenvalue weighted by atomic mass is 10.2. The molecular weight excluding hydrogens is 212 g/mol. The largest absolute Gasteiger partial charge is 0.497 e. The van der Waals surface area contributed by atoms with Crippen LogP contribution in [0.3, 0.4) is 0 Å². The minimum atomic E-state index is 0.407. The zero-order valence-electron chi connectivity index (χ0n) is 11.3. The molecule has 0 N–H and O–H groups in total. The Morgan fingerprint density at radius 1 is 1.06 bits per heavy atom. The molecule has 1 rings (SSSR count). The van der Waals surface area contributed by atoms with Gasteiger partial charge in [0.25, 0.3) is 0 Å². The van der Waals surface area contributed by atoms with Crippen molar-refractivity contribution in [1.82, 2.24) is 5.01 Å². The number of hydrazone groups is 1. The summed E-state index contributed by atoms with van der Waals surface area (Å²) in [5, 5.41) is 6.60. The summed E-state index contributed by atoms with van der Waals surface area (Å²) in [6.45, 7) is 8.58. The highest BCUT2D eigenvalue weighted by molar-refractivity contribution is 5.79. The van der Waals surface area contributed by atoms with E-state index in [0.29, 0.717) is 12.1 Å². The third-order valence-electron chi connectivity index (χ3n) is 2.51. The zero-order valence-corrected chi connectivity index (χ0v) is 11.3. The molecule has 0 aromatic heterocycles. The van der Waals surface area contributed by atoms with Crippen LogP contribution in [-0.4, -0.2) is 30.4 Å². The van der Waals surface area contributed by atoms with Gasteiger partial charge in [-0.1, -0.05) is 0 Å². The van der Waals surface area contributed by atoms with Crippen molar-refractivity contribution in [3.63, 3.8) is 0 Å². The highest BCUT2D eigenvalue weighted by atomic mass is 16.5. The van der Waals surface area contributed by atoms with Crippen molar-refractivity contribution < 1.29 is 4.74 Å². The molecule has 0 fully saturated rings. The molecule has 0 amide bonds. The molecule has 0 saturated heterocycles. The lowest BCUT2D eigenvalue weighted by Gasteiger charge is -2.27. The van der Waals surface area contributed by atoms with Gasteiger partial charge >= 0.3 is 0 Å². The number of hydrogen-bond acceptors (Lipinski definition) is 3. The van der Waals surface area contributed by atoms with E-state index in [1.807, 2.05) is 30.5 Å². The summed E-state index contributed by atoms with van der Waals surface area (Å²) in [6, 6.07) is 8.70. The average molecular weight is 234 g/mol. The highest BCUT2D eigenvalue weighted by Gasteiger charge is 2.08. The van der Waals surface area contributed by atoms with Crippen molar-refractivity contribution in [2.75, 3.05) is 7.11 Å². The number of nitrogens with zero attached hydrogens (tertiary/aromatic N) is 2. The summed E-state index contributed by atoms with van der Waals surface area (Å²) in [6.07, 6.45) is 1.89. The molecule has 0 radical (unpaired) electrons. The molecular formula is C14H22N2O. The first-order valence-corrected chi connectivity index (χ1v) is 6.01. The fraction of sp³-hybridized carbons (Fsp3) is 0.500. The minimum absolute atomic E-state index is 0.407. The topological polar surface area (TPSA) is 24.8 Å². The van der Waals surface area contributed by atoms with Gasteiger partial charge < -0.3 is 4.74 Å². The third kappa shape index (κ3) is 4.10. The average Bonchev–Trinajstić information content (AvgIpc) is 2.29. The van der Waals surface area contributed by atoms with E-state index in [1.54, 1.807) is 7.11 Å². The van der Waals surface area contributed by atoms with Gasteiger partial charge in [-0.25, -0.2) is 0 Å². The molecule has 0 unspecified atom stereocenters. The molecule has 1 aromatic rings. The monoisotopic (exact) mass is 234 g/mol. The number of hydrogen-bond donors (Lipinski definition) is 0. The van der Waals surface area contributed by atoms with Crippen molar-refractivity contribution in [2.45, 2.75) is 39.8 Å². The Morgan fingerprint density at radius 3 is 2.00 bits per heavy atom. The predicted molar refractivity (Wildman–Crippen MR) is 72.7 cm³/mol. The second kappa shape index (κ2) is 6.28. The van der Waals surface area contributed by atoms with Gasteiger partial charge in [0.2, 0.25) is 0 Å². The highest BCUT2D eigenvalue weighted by Crippen LogP contribution is 2.11. The smallest absolute Gasteiger partial charge is 0.118 e. The van der Waals surface area contributed by atoms with E-state index in [-0.39, 0.29) is 0 Å². The number of benzene rings is 1. The SMILES string of the molecule is COc1ccc(/C=N/N(C(C)C)C(C)C)cc1. The van der Waals surface area contributed by atoms with Gasteiger partial charge in [0.15, 0.2) is 0 Å². The lowest BCUT2D eigenvalue weighted by Crippen LogP contribution is -2.32. The van der Waals surface area contributed by atoms with Gasteiger partial charge in [0.05, 0.1) is 13.3 Å². The summed E-state index contributed by atoms with van der Waals surface area (Å²) >= 11 is 0. The summed E-state index contributed by atoms with van der Waals surface area (Å²) in [7, 11) is 1.67. The Bertz CT molecular complexity index is 347. The number of ether oxygens (including phenoxy) is 1. The Kier molecular flexibility index (Phi) is 5.01. The molecule has 94 valence electrons. The number of rotatable bonds is 5. The van der Waals surface area contributed by atoms with E-state index in [2.05, 4.69) is 37.8 Å². The standard InChI is InChI=1S/C14H22N2O/c1-11(2)16(12(3)4)15-10-13-6-8-14(17-5)9-7-13/h6-12H,1-5H3/b15-10+. The van der Waals surface area contributed by atoms with E-state index >= 15 is 0 Å². The minimum Gasteiger partial charge on any atom is -0.497 e. The molecule has 0 bridgehead atoms. The van der Waals surface area contributed by atoms with Gasteiger partial charge in [0.1, 0.15) is 5.75 Å². The van der Waals surface area contributed by atoms with Crippen molar-refractivity contribution in [1.29, 1.82) is 0 Å². The van der Waals surface area contributed by atoms with Crippen LogP contribution in [0.1, 0.15) is 33.3 Å². The summed E-state index contributed by atoms with van der Waals surface area (Å²) < 4.78 is 5.12. The van der Waals surface area contributed by atoms with E-state index in [4.69, 9.17) is 4.74 Å². The fourth-order valence-electron chi connectivity index (χ4n) is 1.69. The third-order valence-corrected chi connectivity index (χ3v) is 2.51. The predicted octanol–water partition coefficient (Wildman–Crippen LogP) is 3.15. The van der Waals surface area contributed by atoms with Crippen LogP contribution >= 0.6 is 0 Å². The van der Waals surface area contributed by atoms with E-state index in [1.165, 1.54) is 0 Å². The summed E-state index contributed by atoms with van der Waals surface area (Å²) in [5.41, 5.74) is 1.08. The molecule has 1 aromatic carbocycles. The van der Waals surface area contributed by atoms with Crippen LogP contribution in [0.4, 0.5) is 0 Å². The molecule has 0 heterocycles. The second-order valence-electron chi connectivity index (χ2n) is 4.59. The molecule has 0 atom stereocenters. The Balaban J connectivity index is 2.74. The molecule has 3 nitrogen and oxygen atoms in total. The van der Waals surface area contributed by atoms with E-state index in [9.17, 15) is 0 Å². The maximum atomic E-state index is 5.12. The first kappa shape index (κ1) is 13.6. The molecule has 17 heavy (non-hydrogen) atoms. The van der Waals surface area contributed by atoms with Crippen molar-refractivity contribution in [2.24, 2.45) is 5.10 Å². The van der Waals surface area contributed by atoms with Crippen molar-refractivity contribution in [3.05, 3.63) is 29.8 Å². The Morgan fingerprint density at radius 2 is 1.59 bits per heavy atom. The van der Waals surface area contributed by atoms with Crippen LogP contribution in [0.2, 0.25) is 0 Å². The van der Waals surface area contributed by atoms with Gasteiger partial charge in [-0.15, -0.1) is 0 Å². The molecule has 0 saturated carbocycles. The van der Waals surface area contributed by atoms with Gasteiger partial charge in [-0.05, 0) is 57.5 Å². The maximum Gasteiger partial charge on any atom is 0.118 e. The van der Waals surface area contributed by atoms with E-state index in [0.717, 1.165) is 11.3 Å². The molecule has 0 aliphatic rings. The molecule has 3 heteroatoms. The summed E-state index contributed by atoms with van der Waals surface area (Å²) in [5.74, 6) is 0.867. The van der Waals surface area contributed by atoms with Crippen molar-refractivity contribution in [3.8, 4) is 5.75 Å². The van der Waals surface area contributed by atoms with Gasteiger partial charge in [0, 0.05) is 12.1 Å². The van der Waals surface area contributed by atoms with Gasteiger partial charge in [-0.2, -0.15) is 5.10 Å². The molecule has 0 aliphatic carbocycles. The second-order valence-corrected chi connectivity index (χ2v) is 4.59. The first-order chi connectivity index (χ1) is 8.04. The van der Waals surface area contributed by atoms with E-state index < -0.39 is 0 Å². The lowest BCUT2D eigenvalue weighted by molar-refractivity contribution is 0.185. The van der Waals surface area contributed by atoms with Gasteiger partial charge in [-0.3, -0.25) is 5.01 Å². The molecule has 0 spiro atoms. The van der Waals surface area contributed by atoms with Crippen LogP contribution in [0.25, 0.3) is 0 Å². The van der Waals surface area contributed by atoms with Crippen LogP contribution < -0.4 is 4.74 Å². The summed E-state index contributed by atoms with van der Waals surface area (Å²) in [4.78, 5) is 0. The van der Waals surface area contributed by atoms with Crippen LogP contribution in [-0.2, 0) is 0 Å². The fourth-order valence-corrected chi connectivity index (χ4v) is 1.69. The number of methoxy groups -OCH3 is 1. The Labute approximate surface area is 104 Å². The van der Waals surface area contributed by atoms with Crippen LogP contribution in [0.15, 0.2) is 29.4 Å². The Hall–Kier alpha value is -1.51. The first-order valence-electron chi connectivity index (χ1n) is 6.01. The molecule has 0 aliphatic heterocycles. The normalized spacial score (nSPS) is 11.5. The van der Waals surface area contributed by atoms with Crippen LogP contribution in [0, 0.1) is 0 Å².